The molecule has 0 saturated carbocycles. The van der Waals surface area contributed by atoms with E-state index in [1.54, 1.807) is 0 Å². The quantitative estimate of drug-likeness (QED) is 0.361. The van der Waals surface area contributed by atoms with Gasteiger partial charge in [0.05, 0.1) is 21.9 Å². The third-order valence-electron chi connectivity index (χ3n) is 2.67. The SMILES string of the molecule is S=C=Nc1ccc2nc3ccccc3cc2c1. The fraction of sp³-hybridized carbons (Fsp3) is 0. The van der Waals surface area contributed by atoms with E-state index in [0.717, 1.165) is 27.5 Å². The van der Waals surface area contributed by atoms with Crippen LogP contribution in [0.3, 0.4) is 0 Å². The minimum absolute atomic E-state index is 0.810. The van der Waals surface area contributed by atoms with Gasteiger partial charge in [0.15, 0.2) is 0 Å². The molecule has 0 N–H and O–H groups in total. The van der Waals surface area contributed by atoms with Crippen molar-refractivity contribution in [1.29, 1.82) is 0 Å². The van der Waals surface area contributed by atoms with Crippen molar-refractivity contribution in [1.82, 2.24) is 4.98 Å². The van der Waals surface area contributed by atoms with E-state index in [1.165, 1.54) is 0 Å². The van der Waals surface area contributed by atoms with Gasteiger partial charge in [0.1, 0.15) is 0 Å². The predicted octanol–water partition coefficient (Wildman–Crippen LogP) is 4.12. The second kappa shape index (κ2) is 4.06. The summed E-state index contributed by atoms with van der Waals surface area (Å²) in [4.78, 5) is 8.56. The van der Waals surface area contributed by atoms with Gasteiger partial charge in [0.2, 0.25) is 0 Å². The summed E-state index contributed by atoms with van der Waals surface area (Å²) in [6, 6.07) is 16.0. The lowest BCUT2D eigenvalue weighted by atomic mass is 10.1. The molecule has 3 rings (SSSR count). The number of hydrogen-bond acceptors (Lipinski definition) is 3. The second-order valence-electron chi connectivity index (χ2n) is 3.76. The van der Waals surface area contributed by atoms with Crippen molar-refractivity contribution < 1.29 is 0 Å². The zero-order valence-corrected chi connectivity index (χ0v) is 9.74. The van der Waals surface area contributed by atoms with E-state index in [4.69, 9.17) is 0 Å². The van der Waals surface area contributed by atoms with Crippen molar-refractivity contribution in [3.63, 3.8) is 0 Å². The summed E-state index contributed by atoms with van der Waals surface area (Å²) in [5, 5.41) is 4.57. The van der Waals surface area contributed by atoms with Crippen LogP contribution in [0.4, 0.5) is 5.69 Å². The third kappa shape index (κ3) is 1.82. The molecule has 0 fully saturated rings. The highest BCUT2D eigenvalue weighted by Crippen LogP contribution is 2.23. The van der Waals surface area contributed by atoms with Crippen molar-refractivity contribution in [2.24, 2.45) is 4.99 Å². The number of nitrogens with zero attached hydrogens (tertiary/aromatic N) is 2. The number of thiocarbonyl (C=S) groups is 1. The van der Waals surface area contributed by atoms with E-state index in [2.05, 4.69) is 39.5 Å². The Kier molecular flexibility index (Phi) is 2.41. The van der Waals surface area contributed by atoms with E-state index in [-0.39, 0.29) is 0 Å². The first-order valence-corrected chi connectivity index (χ1v) is 5.65. The van der Waals surface area contributed by atoms with E-state index >= 15 is 0 Å². The van der Waals surface area contributed by atoms with Crippen LogP contribution >= 0.6 is 12.2 Å². The highest BCUT2D eigenvalue weighted by molar-refractivity contribution is 7.78. The molecule has 2 nitrogen and oxygen atoms in total. The molecule has 0 saturated heterocycles. The number of aliphatic imine (C=N–C) groups is 1. The monoisotopic (exact) mass is 236 g/mol. The average molecular weight is 236 g/mol. The molecule has 80 valence electrons. The molecular weight excluding hydrogens is 228 g/mol. The summed E-state index contributed by atoms with van der Waals surface area (Å²) < 4.78 is 0. The van der Waals surface area contributed by atoms with Crippen molar-refractivity contribution >= 4 is 44.9 Å². The number of aromatic nitrogens is 1. The first-order valence-electron chi connectivity index (χ1n) is 5.24. The Balaban J connectivity index is 2.36. The molecule has 0 aliphatic rings. The largest absolute Gasteiger partial charge is 0.248 e. The lowest BCUT2D eigenvalue weighted by Gasteiger charge is -2.01. The van der Waals surface area contributed by atoms with E-state index < -0.39 is 0 Å². The average Bonchev–Trinajstić information content (AvgIpc) is 2.36. The summed E-state index contributed by atoms with van der Waals surface area (Å²) in [7, 11) is 0. The fourth-order valence-corrected chi connectivity index (χ4v) is 2.00. The fourth-order valence-electron chi connectivity index (χ4n) is 1.89. The van der Waals surface area contributed by atoms with Crippen molar-refractivity contribution in [2.75, 3.05) is 0 Å². The zero-order chi connectivity index (χ0) is 11.7. The second-order valence-corrected chi connectivity index (χ2v) is 3.94. The van der Waals surface area contributed by atoms with Crippen LogP contribution in [0.15, 0.2) is 53.5 Å². The van der Waals surface area contributed by atoms with E-state index in [1.807, 2.05) is 36.4 Å². The number of hydrogen-bond donors (Lipinski definition) is 0. The van der Waals surface area contributed by atoms with Crippen LogP contribution in [0.1, 0.15) is 0 Å². The molecule has 0 aliphatic carbocycles. The molecule has 17 heavy (non-hydrogen) atoms. The number of benzene rings is 2. The minimum atomic E-state index is 0.810. The first kappa shape index (κ1) is 10.1. The Morgan fingerprint density at radius 2 is 1.76 bits per heavy atom. The molecule has 0 radical (unpaired) electrons. The predicted molar refractivity (Wildman–Crippen MR) is 73.9 cm³/mol. The molecule has 0 unspecified atom stereocenters. The van der Waals surface area contributed by atoms with Crippen LogP contribution in [-0.2, 0) is 0 Å². The van der Waals surface area contributed by atoms with Gasteiger partial charge in [-0.05, 0) is 42.5 Å². The van der Waals surface area contributed by atoms with Gasteiger partial charge in [0.25, 0.3) is 0 Å². The Hall–Kier alpha value is -2.09. The first-order chi connectivity index (χ1) is 8.36. The molecule has 3 heteroatoms. The highest BCUT2D eigenvalue weighted by atomic mass is 32.1. The van der Waals surface area contributed by atoms with Gasteiger partial charge in [-0.3, -0.25) is 0 Å². The van der Waals surface area contributed by atoms with Gasteiger partial charge < -0.3 is 0 Å². The van der Waals surface area contributed by atoms with E-state index in [9.17, 15) is 0 Å². The summed E-state index contributed by atoms with van der Waals surface area (Å²) in [6.45, 7) is 0. The number of isothiocyanates is 1. The molecule has 3 aromatic rings. The summed E-state index contributed by atoms with van der Waals surface area (Å²) >= 11 is 4.60. The van der Waals surface area contributed by atoms with Crippen molar-refractivity contribution in [2.45, 2.75) is 0 Å². The Bertz CT molecular complexity index is 758. The smallest absolute Gasteiger partial charge is 0.0747 e. The van der Waals surface area contributed by atoms with Crippen LogP contribution in [-0.4, -0.2) is 10.1 Å². The Morgan fingerprint density at radius 1 is 0.941 bits per heavy atom. The van der Waals surface area contributed by atoms with Crippen LogP contribution in [0.2, 0.25) is 0 Å². The van der Waals surface area contributed by atoms with Gasteiger partial charge in [0, 0.05) is 10.8 Å². The Labute approximate surface area is 104 Å². The van der Waals surface area contributed by atoms with Crippen LogP contribution in [0.25, 0.3) is 21.8 Å². The highest BCUT2D eigenvalue weighted by Gasteiger charge is 1.99. The molecule has 0 amide bonds. The van der Waals surface area contributed by atoms with Gasteiger partial charge in [-0.2, -0.15) is 4.99 Å². The molecular formula is C14H8N2S. The van der Waals surface area contributed by atoms with Crippen molar-refractivity contribution in [3.05, 3.63) is 48.5 Å². The van der Waals surface area contributed by atoms with Gasteiger partial charge >= 0.3 is 0 Å². The number of pyridine rings is 1. The lowest BCUT2D eigenvalue weighted by molar-refractivity contribution is 1.48. The van der Waals surface area contributed by atoms with Crippen LogP contribution in [0, 0.1) is 0 Å². The van der Waals surface area contributed by atoms with Gasteiger partial charge in [-0.1, -0.05) is 18.2 Å². The normalized spacial score (nSPS) is 10.4. The minimum Gasteiger partial charge on any atom is -0.248 e. The maximum atomic E-state index is 4.60. The summed E-state index contributed by atoms with van der Waals surface area (Å²) in [6.07, 6.45) is 0. The van der Waals surface area contributed by atoms with Gasteiger partial charge in [-0.25, -0.2) is 4.98 Å². The molecule has 1 heterocycles. The number of rotatable bonds is 1. The zero-order valence-electron chi connectivity index (χ0n) is 8.92. The van der Waals surface area contributed by atoms with E-state index in [0.29, 0.717) is 0 Å². The molecule has 0 atom stereocenters. The Morgan fingerprint density at radius 3 is 2.65 bits per heavy atom. The molecule has 1 aromatic heterocycles. The molecule has 0 bridgehead atoms. The third-order valence-corrected chi connectivity index (χ3v) is 2.77. The van der Waals surface area contributed by atoms with Crippen LogP contribution in [0.5, 0.6) is 0 Å². The lowest BCUT2D eigenvalue weighted by Crippen LogP contribution is -1.81. The molecule has 0 aliphatic heterocycles. The maximum Gasteiger partial charge on any atom is 0.0747 e. The van der Waals surface area contributed by atoms with Crippen LogP contribution < -0.4 is 0 Å². The number of fused-ring (bicyclic) bond motifs is 2. The summed E-state index contributed by atoms with van der Waals surface area (Å²) in [5.74, 6) is 0. The van der Waals surface area contributed by atoms with Crippen molar-refractivity contribution in [3.8, 4) is 0 Å². The topological polar surface area (TPSA) is 25.2 Å². The number of para-hydroxylation sites is 1. The summed E-state index contributed by atoms with van der Waals surface area (Å²) in [5.41, 5.74) is 2.78. The molecule has 0 spiro atoms. The standard InChI is InChI=1S/C14H8N2S/c17-9-15-12-5-6-14-11(8-12)7-10-3-1-2-4-13(10)16-14/h1-8H. The van der Waals surface area contributed by atoms with Gasteiger partial charge in [-0.15, -0.1) is 0 Å². The molecule has 2 aromatic carbocycles. The maximum absolute atomic E-state index is 4.60.